The molecule has 1 aromatic carbocycles. The molecule has 0 bridgehead atoms. The molecule has 0 aromatic heterocycles. The molecule has 2 rings (SSSR count). The number of rotatable bonds is 2. The lowest BCUT2D eigenvalue weighted by atomic mass is 10.1. The Labute approximate surface area is 109 Å². The number of aliphatic hydroxyl groups excluding tert-OH is 1. The molecule has 0 unspecified atom stereocenters. The van der Waals surface area contributed by atoms with Gasteiger partial charge < -0.3 is 31.3 Å². The number of guanidine groups is 1. The van der Waals surface area contributed by atoms with Gasteiger partial charge in [-0.25, -0.2) is 4.79 Å². The third-order valence-corrected chi connectivity index (χ3v) is 2.37. The van der Waals surface area contributed by atoms with Gasteiger partial charge >= 0.3 is 6.16 Å². The van der Waals surface area contributed by atoms with Crippen LogP contribution in [0.15, 0.2) is 24.3 Å². The van der Waals surface area contributed by atoms with E-state index in [9.17, 15) is 0 Å². The van der Waals surface area contributed by atoms with Crippen molar-refractivity contribution in [2.24, 2.45) is 5.73 Å². The second-order valence-electron chi connectivity index (χ2n) is 3.93. The summed E-state index contributed by atoms with van der Waals surface area (Å²) in [6.07, 6.45) is -2.03. The van der Waals surface area contributed by atoms with Crippen LogP contribution in [0.5, 0.6) is 0 Å². The van der Waals surface area contributed by atoms with E-state index in [0.717, 1.165) is 11.4 Å². The Morgan fingerprint density at radius 2 is 1.79 bits per heavy atom. The second kappa shape index (κ2) is 6.45. The Morgan fingerprint density at radius 1 is 1.32 bits per heavy atom. The van der Waals surface area contributed by atoms with Gasteiger partial charge in [0.15, 0.2) is 5.96 Å². The van der Waals surface area contributed by atoms with Crippen molar-refractivity contribution in [3.8, 4) is 0 Å². The SMILES string of the molecule is N=C(N)Nc1ccc(N2CC(O)C2)cc1.O=C(O)O. The highest BCUT2D eigenvalue weighted by Crippen LogP contribution is 2.22. The number of nitrogens with two attached hydrogens (primary N) is 1. The first-order valence-corrected chi connectivity index (χ1v) is 5.44. The van der Waals surface area contributed by atoms with E-state index in [-0.39, 0.29) is 12.1 Å². The normalized spacial score (nSPS) is 13.8. The molecule has 1 aliphatic heterocycles. The fraction of sp³-hybridized carbons (Fsp3) is 0.273. The zero-order valence-electron chi connectivity index (χ0n) is 10.1. The van der Waals surface area contributed by atoms with Gasteiger partial charge in [0, 0.05) is 24.5 Å². The van der Waals surface area contributed by atoms with Crippen LogP contribution < -0.4 is 16.0 Å². The lowest BCUT2D eigenvalue weighted by molar-refractivity contribution is 0.136. The summed E-state index contributed by atoms with van der Waals surface area (Å²) in [4.78, 5) is 10.6. The maximum atomic E-state index is 9.15. The molecular formula is C11H16N4O4. The number of carboxylic acid groups (broad SMARTS) is 2. The van der Waals surface area contributed by atoms with E-state index in [1.54, 1.807) is 0 Å². The number of anilines is 2. The Bertz CT molecular complexity index is 439. The molecule has 104 valence electrons. The van der Waals surface area contributed by atoms with Crippen LogP contribution in [-0.2, 0) is 0 Å². The van der Waals surface area contributed by atoms with Crippen molar-refractivity contribution in [2.45, 2.75) is 6.10 Å². The third kappa shape index (κ3) is 5.13. The third-order valence-electron chi connectivity index (χ3n) is 2.37. The van der Waals surface area contributed by atoms with Gasteiger partial charge in [-0.05, 0) is 24.3 Å². The van der Waals surface area contributed by atoms with E-state index in [0.29, 0.717) is 13.1 Å². The highest BCUT2D eigenvalue weighted by Gasteiger charge is 2.24. The number of nitrogens with one attached hydrogen (secondary N) is 2. The molecule has 1 aliphatic rings. The molecule has 1 heterocycles. The summed E-state index contributed by atoms with van der Waals surface area (Å²) in [5.74, 6) is -0.0675. The molecule has 0 amide bonds. The van der Waals surface area contributed by atoms with Crippen LogP contribution in [0.25, 0.3) is 0 Å². The van der Waals surface area contributed by atoms with E-state index in [1.165, 1.54) is 0 Å². The minimum Gasteiger partial charge on any atom is -0.450 e. The van der Waals surface area contributed by atoms with Crippen LogP contribution in [0.4, 0.5) is 16.2 Å². The van der Waals surface area contributed by atoms with Crippen LogP contribution in [0.1, 0.15) is 0 Å². The zero-order chi connectivity index (χ0) is 14.4. The number of aliphatic hydroxyl groups is 1. The zero-order valence-corrected chi connectivity index (χ0v) is 10.1. The van der Waals surface area contributed by atoms with Crippen molar-refractivity contribution in [3.05, 3.63) is 24.3 Å². The fourth-order valence-corrected chi connectivity index (χ4v) is 1.58. The summed E-state index contributed by atoms with van der Waals surface area (Å²) in [6.45, 7) is 1.39. The maximum Gasteiger partial charge on any atom is 0.503 e. The summed E-state index contributed by atoms with van der Waals surface area (Å²) >= 11 is 0. The molecule has 1 aromatic rings. The van der Waals surface area contributed by atoms with E-state index in [4.69, 9.17) is 31.3 Å². The number of β-amino-alcohol motifs (C(OH)–C–C–N with tert-alkyl or cyclic N) is 1. The molecule has 1 saturated heterocycles. The molecule has 0 saturated carbocycles. The van der Waals surface area contributed by atoms with E-state index >= 15 is 0 Å². The number of hydrogen-bond donors (Lipinski definition) is 6. The Kier molecular flexibility index (Phi) is 4.95. The van der Waals surface area contributed by atoms with Gasteiger partial charge in [0.05, 0.1) is 6.10 Å². The van der Waals surface area contributed by atoms with Crippen molar-refractivity contribution in [2.75, 3.05) is 23.3 Å². The average Bonchev–Trinajstić information content (AvgIpc) is 2.25. The smallest absolute Gasteiger partial charge is 0.450 e. The molecule has 8 heteroatoms. The van der Waals surface area contributed by atoms with E-state index < -0.39 is 6.16 Å². The highest BCUT2D eigenvalue weighted by atomic mass is 16.6. The van der Waals surface area contributed by atoms with E-state index in [2.05, 4.69) is 10.2 Å². The second-order valence-corrected chi connectivity index (χ2v) is 3.93. The summed E-state index contributed by atoms with van der Waals surface area (Å²) in [5, 5.41) is 32.9. The minimum atomic E-state index is -1.83. The standard InChI is InChI=1S/C10H14N4O.CH2O3/c11-10(12)13-7-1-3-8(4-2-7)14-5-9(15)6-14;2-1(3)4/h1-4,9,15H,5-6H2,(H4,11,12,13);(H2,2,3,4). The van der Waals surface area contributed by atoms with E-state index in [1.807, 2.05) is 24.3 Å². The van der Waals surface area contributed by atoms with Crippen LogP contribution >= 0.6 is 0 Å². The Balaban J connectivity index is 0.000000399. The quantitative estimate of drug-likeness (QED) is 0.336. The molecule has 7 N–H and O–H groups in total. The van der Waals surface area contributed by atoms with Crippen molar-refractivity contribution in [1.82, 2.24) is 0 Å². The largest absolute Gasteiger partial charge is 0.503 e. The van der Waals surface area contributed by atoms with Gasteiger partial charge in [-0.15, -0.1) is 0 Å². The molecule has 0 radical (unpaired) electrons. The molecule has 8 nitrogen and oxygen atoms in total. The van der Waals surface area contributed by atoms with Crippen molar-refractivity contribution in [1.29, 1.82) is 5.41 Å². The number of hydrogen-bond acceptors (Lipinski definition) is 4. The molecule has 0 aliphatic carbocycles. The summed E-state index contributed by atoms with van der Waals surface area (Å²) in [6, 6.07) is 7.61. The molecule has 0 atom stereocenters. The summed E-state index contributed by atoms with van der Waals surface area (Å²) < 4.78 is 0. The predicted octanol–water partition coefficient (Wildman–Crippen LogP) is 0.395. The summed E-state index contributed by atoms with van der Waals surface area (Å²) in [7, 11) is 0. The Morgan fingerprint density at radius 3 is 2.16 bits per heavy atom. The predicted molar refractivity (Wildman–Crippen MR) is 70.9 cm³/mol. The van der Waals surface area contributed by atoms with Gasteiger partial charge in [-0.2, -0.15) is 0 Å². The topological polar surface area (TPSA) is 143 Å². The lowest BCUT2D eigenvalue weighted by Gasteiger charge is -2.37. The van der Waals surface area contributed by atoms with Gasteiger partial charge in [0.25, 0.3) is 0 Å². The van der Waals surface area contributed by atoms with Gasteiger partial charge in [0.1, 0.15) is 0 Å². The molecule has 0 spiro atoms. The highest BCUT2D eigenvalue weighted by molar-refractivity contribution is 5.89. The number of benzene rings is 1. The van der Waals surface area contributed by atoms with Gasteiger partial charge in [-0.3, -0.25) is 5.41 Å². The van der Waals surface area contributed by atoms with Crippen LogP contribution in [0.2, 0.25) is 0 Å². The Hall–Kier alpha value is -2.48. The van der Waals surface area contributed by atoms with Gasteiger partial charge in [-0.1, -0.05) is 0 Å². The molecule has 19 heavy (non-hydrogen) atoms. The summed E-state index contributed by atoms with van der Waals surface area (Å²) in [5.41, 5.74) is 7.08. The number of nitrogens with zero attached hydrogens (tertiary/aromatic N) is 1. The van der Waals surface area contributed by atoms with Crippen molar-refractivity contribution >= 4 is 23.5 Å². The lowest BCUT2D eigenvalue weighted by Crippen LogP contribution is -2.50. The van der Waals surface area contributed by atoms with Gasteiger partial charge in [0.2, 0.25) is 0 Å². The maximum absolute atomic E-state index is 9.15. The van der Waals surface area contributed by atoms with Crippen molar-refractivity contribution < 1.29 is 20.1 Å². The molecule has 1 fully saturated rings. The molecular weight excluding hydrogens is 252 g/mol. The monoisotopic (exact) mass is 268 g/mol. The first-order chi connectivity index (χ1) is 8.88. The van der Waals surface area contributed by atoms with Crippen LogP contribution in [-0.4, -0.2) is 46.6 Å². The first kappa shape index (κ1) is 14.6. The average molecular weight is 268 g/mol. The first-order valence-electron chi connectivity index (χ1n) is 5.44. The number of carbonyl (C=O) groups is 1. The fourth-order valence-electron chi connectivity index (χ4n) is 1.58. The van der Waals surface area contributed by atoms with Crippen LogP contribution in [0, 0.1) is 5.41 Å². The van der Waals surface area contributed by atoms with Crippen LogP contribution in [0.3, 0.4) is 0 Å². The minimum absolute atomic E-state index is 0.0675. The van der Waals surface area contributed by atoms with Crippen molar-refractivity contribution in [3.63, 3.8) is 0 Å².